The van der Waals surface area contributed by atoms with Gasteiger partial charge in [0.15, 0.2) is 6.61 Å². The number of carbonyl (C=O) groups is 3. The Morgan fingerprint density at radius 2 is 1.08 bits per heavy atom. The summed E-state index contributed by atoms with van der Waals surface area (Å²) in [5.74, 6) is 0.0132. The lowest BCUT2D eigenvalue weighted by molar-refractivity contribution is -0.139. The van der Waals surface area contributed by atoms with Gasteiger partial charge >= 0.3 is 5.97 Å². The summed E-state index contributed by atoms with van der Waals surface area (Å²) >= 11 is 0. The number of hydrogen-bond acceptors (Lipinski definition) is 5. The van der Waals surface area contributed by atoms with Crippen LogP contribution in [0.15, 0.2) is 121 Å². The lowest BCUT2D eigenvalue weighted by atomic mass is 9.89. The lowest BCUT2D eigenvalue weighted by Gasteiger charge is -2.18. The molecule has 8 nitrogen and oxygen atoms in total. The highest BCUT2D eigenvalue weighted by Gasteiger charge is 2.16. The Balaban J connectivity index is 1.51. The molecule has 0 saturated heterocycles. The van der Waals surface area contributed by atoms with E-state index in [1.165, 1.54) is 0 Å². The van der Waals surface area contributed by atoms with Crippen LogP contribution in [-0.2, 0) is 4.79 Å². The summed E-state index contributed by atoms with van der Waals surface area (Å²) in [7, 11) is 6.98. The molecular formula is C44H44N2O6. The van der Waals surface area contributed by atoms with Gasteiger partial charge in [0.2, 0.25) is 0 Å². The van der Waals surface area contributed by atoms with Gasteiger partial charge in [-0.25, -0.2) is 4.79 Å². The molecular weight excluding hydrogens is 652 g/mol. The lowest BCUT2D eigenvalue weighted by Crippen LogP contribution is -2.21. The van der Waals surface area contributed by atoms with Gasteiger partial charge in [0.05, 0.1) is 0 Å². The summed E-state index contributed by atoms with van der Waals surface area (Å²) < 4.78 is 11.7. The van der Waals surface area contributed by atoms with Crippen LogP contribution in [0.1, 0.15) is 50.8 Å². The van der Waals surface area contributed by atoms with Crippen molar-refractivity contribution in [2.75, 3.05) is 41.4 Å². The number of carboxylic acid groups (broad SMARTS) is 1. The molecule has 0 aliphatic heterocycles. The second kappa shape index (κ2) is 16.7. The third-order valence-corrected chi connectivity index (χ3v) is 8.74. The van der Waals surface area contributed by atoms with Crippen molar-refractivity contribution in [1.82, 2.24) is 9.80 Å². The molecule has 52 heavy (non-hydrogen) atoms. The van der Waals surface area contributed by atoms with Crippen LogP contribution in [-0.4, -0.2) is 74.1 Å². The summed E-state index contributed by atoms with van der Waals surface area (Å²) in [6, 6.07) is 37.3. The number of aliphatic carboxylic acids is 1. The minimum atomic E-state index is -1.04. The molecule has 0 unspecified atom stereocenters. The molecule has 0 heterocycles. The molecule has 0 aromatic heterocycles. The zero-order chi connectivity index (χ0) is 37.4. The number of rotatable bonds is 13. The number of hydrogen-bond donors (Lipinski definition) is 1. The van der Waals surface area contributed by atoms with Crippen LogP contribution < -0.4 is 9.47 Å². The topological polar surface area (TPSA) is 96.4 Å². The number of carboxylic acids is 1. The molecule has 1 N–H and O–H groups in total. The monoisotopic (exact) mass is 696 g/mol. The number of benzene rings is 5. The molecule has 5 aromatic carbocycles. The van der Waals surface area contributed by atoms with Crippen molar-refractivity contribution in [2.24, 2.45) is 0 Å². The third kappa shape index (κ3) is 8.95. The zero-order valence-electron chi connectivity index (χ0n) is 30.5. The molecule has 0 fully saturated rings. The fourth-order valence-corrected chi connectivity index (χ4v) is 5.95. The van der Waals surface area contributed by atoms with Crippen LogP contribution in [0.5, 0.6) is 11.5 Å². The normalized spacial score (nSPS) is 10.7. The first-order valence-electron chi connectivity index (χ1n) is 17.1. The van der Waals surface area contributed by atoms with Crippen molar-refractivity contribution in [3.63, 3.8) is 0 Å². The first kappa shape index (κ1) is 37.1. The second-order valence-corrected chi connectivity index (χ2v) is 12.9. The summed E-state index contributed by atoms with van der Waals surface area (Å²) in [6.07, 6.45) is 0.723. The Morgan fingerprint density at radius 3 is 1.50 bits per heavy atom. The van der Waals surface area contributed by atoms with E-state index in [9.17, 15) is 14.4 Å². The maximum absolute atomic E-state index is 12.6. The summed E-state index contributed by atoms with van der Waals surface area (Å²) in [4.78, 5) is 39.4. The maximum atomic E-state index is 12.6. The van der Waals surface area contributed by atoms with E-state index < -0.39 is 12.6 Å². The van der Waals surface area contributed by atoms with Crippen molar-refractivity contribution in [1.29, 1.82) is 0 Å². The van der Waals surface area contributed by atoms with E-state index >= 15 is 0 Å². The van der Waals surface area contributed by atoms with Gasteiger partial charge in [-0.1, -0.05) is 79.7 Å². The van der Waals surface area contributed by atoms with Gasteiger partial charge in [-0.05, 0) is 106 Å². The molecule has 8 heteroatoms. The molecule has 0 spiro atoms. The fraction of sp³-hybridized carbons (Fsp3) is 0.205. The van der Waals surface area contributed by atoms with E-state index in [4.69, 9.17) is 14.6 Å². The van der Waals surface area contributed by atoms with Crippen molar-refractivity contribution >= 4 is 23.4 Å². The molecule has 2 amide bonds. The van der Waals surface area contributed by atoms with Crippen LogP contribution in [0, 0.1) is 6.92 Å². The Kier molecular flexibility index (Phi) is 11.9. The highest BCUT2D eigenvalue weighted by atomic mass is 16.5. The Bertz CT molecular complexity index is 1990. The number of nitrogens with zero attached hydrogens (tertiary/aromatic N) is 2. The largest absolute Gasteiger partial charge is 0.489 e. The van der Waals surface area contributed by atoms with E-state index in [1.807, 2.05) is 61.5 Å². The molecule has 0 atom stereocenters. The molecule has 0 bridgehead atoms. The minimum Gasteiger partial charge on any atom is -0.489 e. The second-order valence-electron chi connectivity index (χ2n) is 12.9. The quantitative estimate of drug-likeness (QED) is 0.133. The predicted octanol–water partition coefficient (Wildman–Crippen LogP) is 8.49. The van der Waals surface area contributed by atoms with Crippen LogP contribution >= 0.6 is 0 Å². The van der Waals surface area contributed by atoms with E-state index in [-0.39, 0.29) is 11.8 Å². The van der Waals surface area contributed by atoms with Gasteiger partial charge in [0, 0.05) is 39.3 Å². The smallest absolute Gasteiger partial charge is 0.341 e. The summed E-state index contributed by atoms with van der Waals surface area (Å²) in [5.41, 5.74) is 10.1. The van der Waals surface area contributed by atoms with Gasteiger partial charge in [-0.2, -0.15) is 0 Å². The van der Waals surface area contributed by atoms with Crippen molar-refractivity contribution < 1.29 is 29.0 Å². The highest BCUT2D eigenvalue weighted by Crippen LogP contribution is 2.33. The zero-order valence-corrected chi connectivity index (χ0v) is 30.5. The number of amides is 2. The van der Waals surface area contributed by atoms with Crippen molar-refractivity contribution in [3.8, 4) is 33.8 Å². The van der Waals surface area contributed by atoms with E-state index in [1.54, 1.807) is 50.1 Å². The van der Waals surface area contributed by atoms with Crippen LogP contribution in [0.3, 0.4) is 0 Å². The first-order chi connectivity index (χ1) is 24.9. The van der Waals surface area contributed by atoms with E-state index in [2.05, 4.69) is 55.5 Å². The van der Waals surface area contributed by atoms with Gasteiger partial charge in [-0.15, -0.1) is 0 Å². The Hall–Kier alpha value is -6.15. The number of ether oxygens (including phenoxy) is 2. The Labute approximate surface area is 305 Å². The standard InChI is InChI=1S/C44H44N2O6/c1-7-30(27-51-39-22-23-40(29(2)24-39)52-28-41(47)48)42(33-18-14-31(15-19-33)35-10-8-12-37(25-35)43(49)45(3)4)34-20-16-32(17-21-34)36-11-9-13-38(26-36)44(50)46(5)6/h8-26H,7,27-28H2,1-6H3,(H,47,48). The molecule has 0 aliphatic carbocycles. The third-order valence-electron chi connectivity index (χ3n) is 8.74. The number of aryl methyl sites for hydroxylation is 1. The fourth-order valence-electron chi connectivity index (χ4n) is 5.95. The highest BCUT2D eigenvalue weighted by molar-refractivity contribution is 5.96. The predicted molar refractivity (Wildman–Crippen MR) is 206 cm³/mol. The summed E-state index contributed by atoms with van der Waals surface area (Å²) in [6.45, 7) is 3.88. The molecule has 0 saturated carbocycles. The molecule has 0 radical (unpaired) electrons. The van der Waals surface area contributed by atoms with Gasteiger partial charge in [0.1, 0.15) is 18.1 Å². The molecule has 0 aliphatic rings. The van der Waals surface area contributed by atoms with Gasteiger partial charge in [0.25, 0.3) is 11.8 Å². The average molecular weight is 697 g/mol. The van der Waals surface area contributed by atoms with Crippen LogP contribution in [0.25, 0.3) is 27.8 Å². The van der Waals surface area contributed by atoms with Gasteiger partial charge in [-0.3, -0.25) is 9.59 Å². The molecule has 5 aromatic rings. The Morgan fingerprint density at radius 1 is 0.577 bits per heavy atom. The van der Waals surface area contributed by atoms with Crippen LogP contribution in [0.4, 0.5) is 0 Å². The SMILES string of the molecule is CCC(COc1ccc(OCC(=O)O)c(C)c1)=C(c1ccc(-c2cccc(C(=O)N(C)C)c2)cc1)c1ccc(-c2cccc(C(=O)N(C)C)c2)cc1. The van der Waals surface area contributed by atoms with Crippen molar-refractivity contribution in [3.05, 3.63) is 149 Å². The summed E-state index contributed by atoms with van der Waals surface area (Å²) in [5, 5.41) is 8.99. The molecule has 266 valence electrons. The number of carbonyl (C=O) groups excluding carboxylic acids is 2. The van der Waals surface area contributed by atoms with Crippen molar-refractivity contribution in [2.45, 2.75) is 20.3 Å². The average Bonchev–Trinajstić information content (AvgIpc) is 3.15. The minimum absolute atomic E-state index is 0.0478. The van der Waals surface area contributed by atoms with E-state index in [0.29, 0.717) is 29.2 Å². The first-order valence-corrected chi connectivity index (χ1v) is 17.1. The molecule has 5 rings (SSSR count). The van der Waals surface area contributed by atoms with Gasteiger partial charge < -0.3 is 24.4 Å². The maximum Gasteiger partial charge on any atom is 0.341 e. The van der Waals surface area contributed by atoms with E-state index in [0.717, 1.165) is 56.5 Å². The van der Waals surface area contributed by atoms with Crippen LogP contribution in [0.2, 0.25) is 0 Å².